The SMILES string of the molecule is Cc1oc(-c2nc(C#N)c(N3CCN(C)CC3)o2)cc1S(=O)(=O)N1CCCC1. The summed E-state index contributed by atoms with van der Waals surface area (Å²) in [7, 11) is -1.56. The number of nitriles is 1. The molecule has 9 nitrogen and oxygen atoms in total. The first-order chi connectivity index (χ1) is 13.4. The van der Waals surface area contributed by atoms with Gasteiger partial charge in [0.15, 0.2) is 5.76 Å². The third kappa shape index (κ3) is 3.30. The van der Waals surface area contributed by atoms with Crippen LogP contribution in [0.3, 0.4) is 0 Å². The fourth-order valence-corrected chi connectivity index (χ4v) is 5.29. The lowest BCUT2D eigenvalue weighted by molar-refractivity contribution is 0.306. The Hall–Kier alpha value is -2.35. The third-order valence-electron chi connectivity index (χ3n) is 5.27. The average Bonchev–Trinajstić information content (AvgIpc) is 3.41. The minimum atomic E-state index is -3.60. The first-order valence-corrected chi connectivity index (χ1v) is 10.8. The monoisotopic (exact) mass is 405 g/mol. The third-order valence-corrected chi connectivity index (χ3v) is 7.28. The van der Waals surface area contributed by atoms with Gasteiger partial charge in [-0.1, -0.05) is 0 Å². The molecule has 2 aromatic heterocycles. The zero-order valence-corrected chi connectivity index (χ0v) is 16.8. The maximum Gasteiger partial charge on any atom is 0.266 e. The van der Waals surface area contributed by atoms with Crippen LogP contribution in [0.2, 0.25) is 0 Å². The van der Waals surface area contributed by atoms with E-state index in [-0.39, 0.29) is 22.2 Å². The number of hydrogen-bond donors (Lipinski definition) is 0. The van der Waals surface area contributed by atoms with Crippen LogP contribution in [0.15, 0.2) is 19.8 Å². The van der Waals surface area contributed by atoms with Crippen molar-refractivity contribution in [1.82, 2.24) is 14.2 Å². The number of oxazole rings is 1. The molecule has 0 unspecified atom stereocenters. The molecule has 2 aromatic rings. The van der Waals surface area contributed by atoms with Gasteiger partial charge in [0.2, 0.25) is 21.6 Å². The van der Waals surface area contributed by atoms with E-state index in [0.717, 1.165) is 39.0 Å². The van der Waals surface area contributed by atoms with Crippen molar-refractivity contribution in [3.8, 4) is 17.7 Å². The van der Waals surface area contributed by atoms with Crippen molar-refractivity contribution < 1.29 is 17.3 Å². The summed E-state index contributed by atoms with van der Waals surface area (Å²) in [4.78, 5) is 8.55. The zero-order valence-electron chi connectivity index (χ0n) is 16.0. The van der Waals surface area contributed by atoms with Crippen molar-refractivity contribution >= 4 is 15.9 Å². The van der Waals surface area contributed by atoms with Gasteiger partial charge in [0.1, 0.15) is 16.7 Å². The second-order valence-corrected chi connectivity index (χ2v) is 9.12. The Morgan fingerprint density at radius 2 is 1.79 bits per heavy atom. The molecule has 0 amide bonds. The fraction of sp³-hybridized carbons (Fsp3) is 0.556. The lowest BCUT2D eigenvalue weighted by Crippen LogP contribution is -2.44. The number of sulfonamides is 1. The van der Waals surface area contributed by atoms with Crippen LogP contribution < -0.4 is 4.90 Å². The Bertz CT molecular complexity index is 1010. The zero-order chi connectivity index (χ0) is 19.9. The summed E-state index contributed by atoms with van der Waals surface area (Å²) < 4.78 is 38.7. The van der Waals surface area contributed by atoms with Gasteiger partial charge in [0.05, 0.1) is 0 Å². The van der Waals surface area contributed by atoms with Gasteiger partial charge in [0, 0.05) is 45.3 Å². The van der Waals surface area contributed by atoms with E-state index in [2.05, 4.69) is 16.0 Å². The Morgan fingerprint density at radius 1 is 1.11 bits per heavy atom. The number of likely N-dealkylation sites (N-methyl/N-ethyl adjacent to an activating group) is 1. The maximum atomic E-state index is 12.9. The fourth-order valence-electron chi connectivity index (χ4n) is 3.61. The van der Waals surface area contributed by atoms with Crippen LogP contribution in [-0.2, 0) is 10.0 Å². The smallest absolute Gasteiger partial charge is 0.266 e. The Labute approximate surface area is 164 Å². The van der Waals surface area contributed by atoms with Gasteiger partial charge in [-0.2, -0.15) is 14.6 Å². The van der Waals surface area contributed by atoms with E-state index < -0.39 is 10.0 Å². The van der Waals surface area contributed by atoms with Gasteiger partial charge in [-0.25, -0.2) is 8.42 Å². The second-order valence-electron chi connectivity index (χ2n) is 7.22. The summed E-state index contributed by atoms with van der Waals surface area (Å²) in [6.07, 6.45) is 1.73. The number of aromatic nitrogens is 1. The van der Waals surface area contributed by atoms with Crippen LogP contribution in [0.5, 0.6) is 0 Å². The van der Waals surface area contributed by atoms with Gasteiger partial charge >= 0.3 is 0 Å². The number of piperazine rings is 1. The molecule has 0 bridgehead atoms. The summed E-state index contributed by atoms with van der Waals surface area (Å²) in [5.74, 6) is 1.03. The molecule has 0 atom stereocenters. The highest BCUT2D eigenvalue weighted by atomic mass is 32.2. The van der Waals surface area contributed by atoms with E-state index >= 15 is 0 Å². The van der Waals surface area contributed by atoms with E-state index in [1.807, 2.05) is 11.9 Å². The largest absolute Gasteiger partial charge is 0.455 e. The van der Waals surface area contributed by atoms with Crippen molar-refractivity contribution in [2.45, 2.75) is 24.7 Å². The maximum absolute atomic E-state index is 12.9. The Morgan fingerprint density at radius 3 is 2.43 bits per heavy atom. The highest BCUT2D eigenvalue weighted by molar-refractivity contribution is 7.89. The molecular weight excluding hydrogens is 382 g/mol. The van der Waals surface area contributed by atoms with Crippen LogP contribution in [0.25, 0.3) is 11.7 Å². The van der Waals surface area contributed by atoms with Gasteiger partial charge in [-0.3, -0.25) is 0 Å². The molecule has 150 valence electrons. The molecule has 2 aliphatic heterocycles. The molecule has 0 radical (unpaired) electrons. The topological polar surface area (TPSA) is 107 Å². The predicted molar refractivity (Wildman–Crippen MR) is 101 cm³/mol. The van der Waals surface area contributed by atoms with Crippen molar-refractivity contribution in [2.75, 3.05) is 51.2 Å². The van der Waals surface area contributed by atoms with Crippen molar-refractivity contribution in [1.29, 1.82) is 5.26 Å². The summed E-state index contributed by atoms with van der Waals surface area (Å²) >= 11 is 0. The van der Waals surface area contributed by atoms with Crippen LogP contribution >= 0.6 is 0 Å². The van der Waals surface area contributed by atoms with E-state index in [9.17, 15) is 13.7 Å². The molecule has 0 saturated carbocycles. The number of rotatable bonds is 4. The highest BCUT2D eigenvalue weighted by Gasteiger charge is 2.32. The molecule has 0 aliphatic carbocycles. The molecule has 2 aliphatic rings. The standard InChI is InChI=1S/C18H23N5O4S/c1-13-16(28(24,25)23-5-3-4-6-23)11-15(26-13)17-20-14(12-19)18(27-17)22-9-7-21(2)8-10-22/h11H,3-10H2,1-2H3. The molecule has 4 heterocycles. The number of anilines is 1. The van der Waals surface area contributed by atoms with E-state index in [1.54, 1.807) is 6.92 Å². The van der Waals surface area contributed by atoms with Crippen LogP contribution in [0.1, 0.15) is 24.3 Å². The average molecular weight is 405 g/mol. The highest BCUT2D eigenvalue weighted by Crippen LogP contribution is 2.34. The Balaban J connectivity index is 1.66. The molecule has 2 fully saturated rings. The number of nitrogens with zero attached hydrogens (tertiary/aromatic N) is 5. The number of furan rings is 1. The van der Waals surface area contributed by atoms with Gasteiger partial charge < -0.3 is 18.6 Å². The van der Waals surface area contributed by atoms with Gasteiger partial charge in [-0.05, 0) is 26.8 Å². The summed E-state index contributed by atoms with van der Waals surface area (Å²) in [6, 6.07) is 3.51. The first kappa shape index (κ1) is 19.0. The number of aryl methyl sites for hydroxylation is 1. The molecule has 0 aromatic carbocycles. The first-order valence-electron chi connectivity index (χ1n) is 9.35. The molecule has 10 heteroatoms. The lowest BCUT2D eigenvalue weighted by Gasteiger charge is -2.31. The molecular formula is C18H23N5O4S. The van der Waals surface area contributed by atoms with Crippen molar-refractivity contribution in [3.05, 3.63) is 17.5 Å². The number of hydrogen-bond acceptors (Lipinski definition) is 8. The predicted octanol–water partition coefficient (Wildman–Crippen LogP) is 1.65. The summed E-state index contributed by atoms with van der Waals surface area (Å²) in [5, 5.41) is 9.45. The second kappa shape index (κ2) is 7.24. The van der Waals surface area contributed by atoms with E-state index in [1.165, 1.54) is 10.4 Å². The van der Waals surface area contributed by atoms with Gasteiger partial charge in [0.25, 0.3) is 5.89 Å². The van der Waals surface area contributed by atoms with Crippen LogP contribution in [0, 0.1) is 18.3 Å². The quantitative estimate of drug-likeness (QED) is 0.756. The van der Waals surface area contributed by atoms with Gasteiger partial charge in [-0.15, -0.1) is 0 Å². The summed E-state index contributed by atoms with van der Waals surface area (Å²) in [5.41, 5.74) is 0.178. The van der Waals surface area contributed by atoms with Crippen LogP contribution in [0.4, 0.5) is 5.88 Å². The minimum absolute atomic E-state index is 0.122. The Kier molecular flexibility index (Phi) is 4.91. The normalized spacial score (nSPS) is 19.2. The molecule has 4 rings (SSSR count). The van der Waals surface area contributed by atoms with Crippen molar-refractivity contribution in [3.63, 3.8) is 0 Å². The minimum Gasteiger partial charge on any atom is -0.455 e. The van der Waals surface area contributed by atoms with Crippen LogP contribution in [-0.4, -0.2) is 68.9 Å². The van der Waals surface area contributed by atoms with E-state index in [4.69, 9.17) is 8.83 Å². The lowest BCUT2D eigenvalue weighted by atomic mass is 10.3. The molecule has 2 saturated heterocycles. The molecule has 0 spiro atoms. The van der Waals surface area contributed by atoms with Crippen molar-refractivity contribution in [2.24, 2.45) is 0 Å². The molecule has 0 N–H and O–H groups in total. The molecule has 28 heavy (non-hydrogen) atoms. The van der Waals surface area contributed by atoms with E-state index in [0.29, 0.717) is 24.7 Å². The summed E-state index contributed by atoms with van der Waals surface area (Å²) in [6.45, 7) is 5.83.